The number of hydrogen-bond donors (Lipinski definition) is 1. The van der Waals surface area contributed by atoms with Crippen molar-refractivity contribution in [3.8, 4) is 5.75 Å². The lowest BCUT2D eigenvalue weighted by atomic mass is 9.93. The van der Waals surface area contributed by atoms with E-state index in [4.69, 9.17) is 9.47 Å². The van der Waals surface area contributed by atoms with Crippen LogP contribution in [0.5, 0.6) is 5.75 Å². The smallest absolute Gasteiger partial charge is 0.419 e. The summed E-state index contributed by atoms with van der Waals surface area (Å²) in [7, 11) is 2.98. The lowest BCUT2D eigenvalue weighted by molar-refractivity contribution is -0.138. The Morgan fingerprint density at radius 3 is 2.52 bits per heavy atom. The predicted octanol–water partition coefficient (Wildman–Crippen LogP) is 4.36. The van der Waals surface area contributed by atoms with E-state index in [9.17, 15) is 26.4 Å². The van der Waals surface area contributed by atoms with Crippen molar-refractivity contribution in [2.24, 2.45) is 5.92 Å². The number of alkyl halides is 3. The number of carbonyl (C=O) groups is 1. The number of fused-ring (bicyclic) bond motifs is 1. The van der Waals surface area contributed by atoms with Crippen molar-refractivity contribution in [1.29, 1.82) is 0 Å². The van der Waals surface area contributed by atoms with Gasteiger partial charge in [0, 0.05) is 25.4 Å². The van der Waals surface area contributed by atoms with Crippen molar-refractivity contribution in [3.63, 3.8) is 0 Å². The van der Waals surface area contributed by atoms with E-state index in [0.29, 0.717) is 30.8 Å². The molecule has 0 unspecified atom stereocenters. The number of rotatable bonds is 13. The number of anilines is 2. The van der Waals surface area contributed by atoms with Crippen molar-refractivity contribution < 1.29 is 35.9 Å². The SMILES string of the molecule is COc1cc(C(=O)COCCN(C)C)ccc1Nc1ncc(C(F)(F)F)c(C[C@@H]2Cc3ccccc3[C@H]2N(C)S(C)(=O)=O)n1. The van der Waals surface area contributed by atoms with Crippen LogP contribution >= 0.6 is 0 Å². The number of ether oxygens (including phenoxy) is 2. The minimum absolute atomic E-state index is 0.110. The number of Topliss-reactive ketones (excluding diaryl/α,β-unsaturated/α-hetero) is 1. The molecule has 0 saturated heterocycles. The highest BCUT2D eigenvalue weighted by Gasteiger charge is 2.41. The van der Waals surface area contributed by atoms with Crippen LogP contribution in [-0.2, 0) is 33.8 Å². The number of likely N-dealkylation sites (N-methyl/N-ethyl adjacent to an activating group) is 1. The first-order valence-electron chi connectivity index (χ1n) is 13.8. The molecule has 10 nitrogen and oxygen atoms in total. The van der Waals surface area contributed by atoms with Crippen LogP contribution in [0, 0.1) is 5.92 Å². The summed E-state index contributed by atoms with van der Waals surface area (Å²) in [5.74, 6) is -0.611. The maximum atomic E-state index is 14.1. The van der Waals surface area contributed by atoms with Crippen molar-refractivity contribution in [1.82, 2.24) is 19.2 Å². The highest BCUT2D eigenvalue weighted by atomic mass is 32.2. The number of halogens is 3. The van der Waals surface area contributed by atoms with Crippen LogP contribution in [0.15, 0.2) is 48.7 Å². The molecule has 0 spiro atoms. The Kier molecular flexibility index (Phi) is 10.3. The molecule has 238 valence electrons. The number of hydrogen-bond acceptors (Lipinski definition) is 9. The van der Waals surface area contributed by atoms with Gasteiger partial charge in [-0.15, -0.1) is 0 Å². The average molecular weight is 636 g/mol. The molecular weight excluding hydrogens is 599 g/mol. The Labute approximate surface area is 255 Å². The average Bonchev–Trinajstić information content (AvgIpc) is 3.31. The summed E-state index contributed by atoms with van der Waals surface area (Å²) in [6.45, 7) is 0.939. The molecule has 0 bridgehead atoms. The number of ketones is 1. The van der Waals surface area contributed by atoms with E-state index >= 15 is 0 Å². The Balaban J connectivity index is 1.60. The molecule has 0 aliphatic heterocycles. The van der Waals surface area contributed by atoms with E-state index in [1.807, 2.05) is 31.1 Å². The number of methoxy groups -OCH3 is 1. The van der Waals surface area contributed by atoms with Gasteiger partial charge in [-0.25, -0.2) is 18.4 Å². The first kappa shape index (κ1) is 33.3. The second-order valence-electron chi connectivity index (χ2n) is 11.0. The van der Waals surface area contributed by atoms with Gasteiger partial charge in [-0.3, -0.25) is 4.79 Å². The van der Waals surface area contributed by atoms with Gasteiger partial charge in [0.15, 0.2) is 5.78 Å². The van der Waals surface area contributed by atoms with Gasteiger partial charge >= 0.3 is 6.18 Å². The van der Waals surface area contributed by atoms with Crippen LogP contribution in [-0.4, -0.2) is 87.6 Å². The molecule has 0 saturated carbocycles. The maximum Gasteiger partial charge on any atom is 0.419 e. The monoisotopic (exact) mass is 635 g/mol. The lowest BCUT2D eigenvalue weighted by Gasteiger charge is -2.29. The summed E-state index contributed by atoms with van der Waals surface area (Å²) < 4.78 is 79.4. The van der Waals surface area contributed by atoms with Crippen molar-refractivity contribution in [3.05, 3.63) is 76.6 Å². The third-order valence-corrected chi connectivity index (χ3v) is 8.81. The first-order valence-corrected chi connectivity index (χ1v) is 15.7. The Hall–Kier alpha value is -3.59. The van der Waals surface area contributed by atoms with Crippen LogP contribution in [0.3, 0.4) is 0 Å². The molecule has 2 atom stereocenters. The normalized spacial score (nSPS) is 16.8. The minimum atomic E-state index is -4.73. The number of carbonyl (C=O) groups excluding carboxylic acids is 1. The van der Waals surface area contributed by atoms with Gasteiger partial charge in [-0.1, -0.05) is 24.3 Å². The number of sulfonamides is 1. The standard InChI is InChI=1S/C30H36F3N5O5S/c1-37(2)12-13-43-18-26(39)20-10-11-24(27(16-20)42-4)35-29-34-17-23(30(31,32)33)25(36-29)15-21-14-19-8-6-7-9-22(19)28(21)38(3)44(5,40)41/h6-11,16-17,21,28H,12-15,18H2,1-5H3,(H,34,35,36)/t21-,28-/m0/s1. The number of aromatic nitrogens is 2. The third-order valence-electron chi connectivity index (χ3n) is 7.53. The molecule has 14 heteroatoms. The van der Waals surface area contributed by atoms with E-state index in [1.165, 1.54) is 24.5 Å². The van der Waals surface area contributed by atoms with Crippen molar-refractivity contribution in [2.45, 2.75) is 25.1 Å². The molecule has 0 radical (unpaired) electrons. The van der Waals surface area contributed by atoms with Gasteiger partial charge in [0.2, 0.25) is 16.0 Å². The van der Waals surface area contributed by atoms with Crippen LogP contribution in [0.25, 0.3) is 0 Å². The van der Waals surface area contributed by atoms with Crippen molar-refractivity contribution in [2.75, 3.05) is 59.6 Å². The van der Waals surface area contributed by atoms with Crippen molar-refractivity contribution >= 4 is 27.4 Å². The molecule has 1 N–H and O–H groups in total. The van der Waals surface area contributed by atoms with Gasteiger partial charge < -0.3 is 19.7 Å². The fourth-order valence-corrected chi connectivity index (χ4v) is 5.94. The zero-order chi connectivity index (χ0) is 32.2. The first-order chi connectivity index (χ1) is 20.7. The van der Waals surface area contributed by atoms with Gasteiger partial charge in [0.05, 0.1) is 43.0 Å². The maximum absolute atomic E-state index is 14.1. The summed E-state index contributed by atoms with van der Waals surface area (Å²) in [6, 6.07) is 11.2. The molecule has 0 fully saturated rings. The lowest BCUT2D eigenvalue weighted by Crippen LogP contribution is -2.34. The highest BCUT2D eigenvalue weighted by Crippen LogP contribution is 2.43. The molecule has 1 heterocycles. The van der Waals surface area contributed by atoms with Gasteiger partial charge in [-0.2, -0.15) is 17.5 Å². The molecule has 44 heavy (non-hydrogen) atoms. The molecule has 0 amide bonds. The molecule has 2 aromatic carbocycles. The summed E-state index contributed by atoms with van der Waals surface area (Å²) in [6.07, 6.45) is -2.71. The second kappa shape index (κ2) is 13.6. The minimum Gasteiger partial charge on any atom is -0.495 e. The largest absolute Gasteiger partial charge is 0.495 e. The van der Waals surface area contributed by atoms with Gasteiger partial charge in [0.25, 0.3) is 0 Å². The Bertz CT molecular complexity index is 1600. The number of nitrogens with one attached hydrogen (secondary N) is 1. The Morgan fingerprint density at radius 1 is 1.14 bits per heavy atom. The van der Waals surface area contributed by atoms with E-state index in [0.717, 1.165) is 23.6 Å². The van der Waals surface area contributed by atoms with Gasteiger partial charge in [0.1, 0.15) is 12.4 Å². The van der Waals surface area contributed by atoms with Crippen LogP contribution in [0.4, 0.5) is 24.8 Å². The third kappa shape index (κ3) is 7.92. The van der Waals surface area contributed by atoms with E-state index in [2.05, 4.69) is 15.3 Å². The molecule has 3 aromatic rings. The zero-order valence-electron chi connectivity index (χ0n) is 25.2. The topological polar surface area (TPSA) is 114 Å². The molecule has 1 aromatic heterocycles. The summed E-state index contributed by atoms with van der Waals surface area (Å²) >= 11 is 0. The van der Waals surface area contributed by atoms with Crippen LogP contribution in [0.2, 0.25) is 0 Å². The van der Waals surface area contributed by atoms with E-state index in [1.54, 1.807) is 24.3 Å². The summed E-state index contributed by atoms with van der Waals surface area (Å²) in [4.78, 5) is 22.7. The number of benzene rings is 2. The molecular formula is C30H36F3N5O5S. The van der Waals surface area contributed by atoms with E-state index in [-0.39, 0.29) is 36.2 Å². The van der Waals surface area contributed by atoms with Gasteiger partial charge in [-0.05, 0) is 62.2 Å². The Morgan fingerprint density at radius 2 is 1.86 bits per heavy atom. The molecule has 4 rings (SSSR count). The quantitative estimate of drug-likeness (QED) is 0.216. The predicted molar refractivity (Wildman–Crippen MR) is 160 cm³/mol. The summed E-state index contributed by atoms with van der Waals surface area (Å²) in [5.41, 5.74) is 1.05. The highest BCUT2D eigenvalue weighted by molar-refractivity contribution is 7.88. The molecule has 1 aliphatic carbocycles. The summed E-state index contributed by atoms with van der Waals surface area (Å²) in [5, 5.41) is 2.90. The number of nitrogens with zero attached hydrogens (tertiary/aromatic N) is 4. The van der Waals surface area contributed by atoms with Crippen LogP contribution in [0.1, 0.15) is 38.8 Å². The zero-order valence-corrected chi connectivity index (χ0v) is 26.0. The fraction of sp³-hybridized carbons (Fsp3) is 0.433. The van der Waals surface area contributed by atoms with Crippen LogP contribution < -0.4 is 10.1 Å². The van der Waals surface area contributed by atoms with E-state index < -0.39 is 33.7 Å². The second-order valence-corrected chi connectivity index (χ2v) is 13.0. The fourth-order valence-electron chi connectivity index (χ4n) is 5.24. The molecule has 1 aliphatic rings.